The molecule has 15 heavy (non-hydrogen) atoms. The molecule has 0 aromatic carbocycles. The van der Waals surface area contributed by atoms with Crippen LogP contribution in [0.3, 0.4) is 0 Å². The van der Waals surface area contributed by atoms with Crippen LogP contribution in [0.4, 0.5) is 0 Å². The van der Waals surface area contributed by atoms with Gasteiger partial charge in [-0.25, -0.2) is 0 Å². The van der Waals surface area contributed by atoms with Crippen molar-refractivity contribution in [1.82, 2.24) is 5.32 Å². The molecule has 84 valence electrons. The summed E-state index contributed by atoms with van der Waals surface area (Å²) in [5, 5.41) is 3.82. The average molecular weight is 205 g/mol. The maximum absolute atomic E-state index is 3.82. The third kappa shape index (κ3) is 1.93. The summed E-state index contributed by atoms with van der Waals surface area (Å²) < 4.78 is 0. The van der Waals surface area contributed by atoms with Gasteiger partial charge < -0.3 is 5.32 Å². The van der Waals surface area contributed by atoms with Gasteiger partial charge in [-0.1, -0.05) is 38.2 Å². The Morgan fingerprint density at radius 3 is 2.40 bits per heavy atom. The molecule has 2 atom stereocenters. The van der Waals surface area contributed by atoms with E-state index in [-0.39, 0.29) is 0 Å². The molecule has 0 radical (unpaired) electrons. The smallest absolute Gasteiger partial charge is 0.0321 e. The van der Waals surface area contributed by atoms with Crippen molar-refractivity contribution >= 4 is 0 Å². The number of rotatable bonds is 1. The Morgan fingerprint density at radius 1 is 0.867 bits per heavy atom. The first-order valence-electron chi connectivity index (χ1n) is 6.92. The van der Waals surface area contributed by atoms with Crippen molar-refractivity contribution in [3.63, 3.8) is 0 Å². The molecule has 0 spiro atoms. The monoisotopic (exact) mass is 205 g/mol. The van der Waals surface area contributed by atoms with E-state index in [2.05, 4.69) is 11.4 Å². The number of hydrogen-bond acceptors (Lipinski definition) is 1. The zero-order chi connectivity index (χ0) is 10.1. The Morgan fingerprint density at radius 2 is 1.60 bits per heavy atom. The highest BCUT2D eigenvalue weighted by atomic mass is 15.0. The maximum atomic E-state index is 3.82. The Hall–Kier alpha value is -0.460. The molecule has 0 saturated heterocycles. The van der Waals surface area contributed by atoms with Crippen LogP contribution in [0.1, 0.15) is 57.8 Å². The first-order valence-corrected chi connectivity index (χ1v) is 6.92. The summed E-state index contributed by atoms with van der Waals surface area (Å²) in [7, 11) is 0. The summed E-state index contributed by atoms with van der Waals surface area (Å²) in [6.45, 7) is 0. The van der Waals surface area contributed by atoms with Crippen molar-refractivity contribution in [3.8, 4) is 0 Å². The molecule has 2 fully saturated rings. The van der Waals surface area contributed by atoms with Crippen LogP contribution in [-0.4, -0.2) is 6.04 Å². The molecule has 3 rings (SSSR count). The second-order valence-corrected chi connectivity index (χ2v) is 5.66. The van der Waals surface area contributed by atoms with Gasteiger partial charge in [-0.05, 0) is 37.5 Å². The number of fused-ring (bicyclic) bond motifs is 1. The molecule has 0 bridgehead atoms. The van der Waals surface area contributed by atoms with Gasteiger partial charge in [0.05, 0.1) is 0 Å². The molecule has 1 N–H and O–H groups in total. The second kappa shape index (κ2) is 4.19. The maximum Gasteiger partial charge on any atom is 0.0321 e. The van der Waals surface area contributed by atoms with Crippen molar-refractivity contribution in [2.24, 2.45) is 11.8 Å². The van der Waals surface area contributed by atoms with E-state index in [1.165, 1.54) is 57.8 Å². The van der Waals surface area contributed by atoms with Gasteiger partial charge in [0.1, 0.15) is 0 Å². The topological polar surface area (TPSA) is 12.0 Å². The summed E-state index contributed by atoms with van der Waals surface area (Å²) in [4.78, 5) is 0. The molecule has 2 aliphatic carbocycles. The lowest BCUT2D eigenvalue weighted by Crippen LogP contribution is -2.32. The molecular weight excluding hydrogens is 182 g/mol. The number of allylic oxidation sites excluding steroid dienone is 1. The fourth-order valence-electron chi connectivity index (χ4n) is 3.70. The molecule has 0 amide bonds. The van der Waals surface area contributed by atoms with E-state index in [4.69, 9.17) is 0 Å². The van der Waals surface area contributed by atoms with E-state index in [1.807, 2.05) is 0 Å². The minimum absolute atomic E-state index is 0.815. The average Bonchev–Trinajstić information content (AvgIpc) is 2.74. The molecular formula is C14H23N. The molecule has 0 aromatic heterocycles. The summed E-state index contributed by atoms with van der Waals surface area (Å²) >= 11 is 0. The highest BCUT2D eigenvalue weighted by Crippen LogP contribution is 2.37. The first-order chi connectivity index (χ1) is 7.43. The Bertz CT molecular complexity index is 250. The van der Waals surface area contributed by atoms with Crippen molar-refractivity contribution in [2.75, 3.05) is 0 Å². The minimum atomic E-state index is 0.815. The molecule has 2 saturated carbocycles. The SMILES string of the molecule is C1=C(C2CCCCC2)NC2CCCCC12. The predicted octanol–water partition coefficient (Wildman–Crippen LogP) is 3.61. The van der Waals surface area contributed by atoms with Gasteiger partial charge in [-0.15, -0.1) is 0 Å². The van der Waals surface area contributed by atoms with Crippen LogP contribution >= 0.6 is 0 Å². The van der Waals surface area contributed by atoms with Crippen molar-refractivity contribution in [3.05, 3.63) is 11.8 Å². The van der Waals surface area contributed by atoms with Gasteiger partial charge in [0.25, 0.3) is 0 Å². The molecule has 0 aromatic rings. The van der Waals surface area contributed by atoms with Gasteiger partial charge in [-0.3, -0.25) is 0 Å². The van der Waals surface area contributed by atoms with Gasteiger partial charge in [0.2, 0.25) is 0 Å². The quantitative estimate of drug-likeness (QED) is 0.689. The van der Waals surface area contributed by atoms with Gasteiger partial charge in [-0.2, -0.15) is 0 Å². The Labute approximate surface area is 93.3 Å². The van der Waals surface area contributed by atoms with Crippen LogP contribution in [0, 0.1) is 11.8 Å². The third-order valence-electron chi connectivity index (χ3n) is 4.61. The van der Waals surface area contributed by atoms with Crippen LogP contribution in [-0.2, 0) is 0 Å². The van der Waals surface area contributed by atoms with Crippen LogP contribution in [0.15, 0.2) is 11.8 Å². The Kier molecular flexibility index (Phi) is 2.72. The van der Waals surface area contributed by atoms with Crippen LogP contribution in [0.5, 0.6) is 0 Å². The fraction of sp³-hybridized carbons (Fsp3) is 0.857. The number of nitrogens with one attached hydrogen (secondary N) is 1. The van der Waals surface area contributed by atoms with E-state index in [9.17, 15) is 0 Å². The second-order valence-electron chi connectivity index (χ2n) is 5.66. The van der Waals surface area contributed by atoms with Crippen LogP contribution in [0.2, 0.25) is 0 Å². The zero-order valence-electron chi connectivity index (χ0n) is 9.67. The summed E-state index contributed by atoms with van der Waals surface area (Å²) in [5.74, 6) is 1.78. The minimum Gasteiger partial charge on any atom is -0.385 e. The molecule has 1 heterocycles. The van der Waals surface area contributed by atoms with Crippen molar-refractivity contribution < 1.29 is 0 Å². The highest BCUT2D eigenvalue weighted by molar-refractivity contribution is 5.17. The summed E-state index contributed by atoms with van der Waals surface area (Å²) in [5.41, 5.74) is 1.63. The first kappa shape index (κ1) is 9.74. The summed E-state index contributed by atoms with van der Waals surface area (Å²) in [6, 6.07) is 0.815. The predicted molar refractivity (Wildman–Crippen MR) is 63.5 cm³/mol. The fourth-order valence-corrected chi connectivity index (χ4v) is 3.70. The van der Waals surface area contributed by atoms with Crippen LogP contribution in [0.25, 0.3) is 0 Å². The lowest BCUT2D eigenvalue weighted by atomic mass is 9.85. The highest BCUT2D eigenvalue weighted by Gasteiger charge is 2.32. The zero-order valence-corrected chi connectivity index (χ0v) is 9.67. The molecule has 1 heteroatoms. The van der Waals surface area contributed by atoms with Crippen molar-refractivity contribution in [1.29, 1.82) is 0 Å². The largest absolute Gasteiger partial charge is 0.385 e. The normalized spacial score (nSPS) is 36.9. The third-order valence-corrected chi connectivity index (χ3v) is 4.61. The van der Waals surface area contributed by atoms with Gasteiger partial charge in [0.15, 0.2) is 0 Å². The standard InChI is InChI=1S/C14H23N/c1-2-6-11(7-3-1)14-10-12-8-4-5-9-13(12)15-14/h10-13,15H,1-9H2. The lowest BCUT2D eigenvalue weighted by Gasteiger charge is -2.27. The van der Waals surface area contributed by atoms with E-state index < -0.39 is 0 Å². The molecule has 1 aliphatic heterocycles. The van der Waals surface area contributed by atoms with E-state index in [0.717, 1.165) is 17.9 Å². The van der Waals surface area contributed by atoms with E-state index >= 15 is 0 Å². The van der Waals surface area contributed by atoms with Gasteiger partial charge in [0, 0.05) is 11.7 Å². The lowest BCUT2D eigenvalue weighted by molar-refractivity contribution is 0.334. The van der Waals surface area contributed by atoms with Crippen molar-refractivity contribution in [2.45, 2.75) is 63.8 Å². The van der Waals surface area contributed by atoms with E-state index in [1.54, 1.807) is 5.70 Å². The summed E-state index contributed by atoms with van der Waals surface area (Å²) in [6.07, 6.45) is 15.6. The molecule has 2 unspecified atom stereocenters. The van der Waals surface area contributed by atoms with Gasteiger partial charge >= 0.3 is 0 Å². The molecule has 3 aliphatic rings. The van der Waals surface area contributed by atoms with Crippen LogP contribution < -0.4 is 5.32 Å². The Balaban J connectivity index is 1.66. The molecule has 1 nitrogen and oxygen atoms in total. The number of hydrogen-bond donors (Lipinski definition) is 1. The van der Waals surface area contributed by atoms with E-state index in [0.29, 0.717) is 0 Å².